The van der Waals surface area contributed by atoms with E-state index < -0.39 is 5.60 Å². The number of carbonyl (C=O) groups is 2. The van der Waals surface area contributed by atoms with Gasteiger partial charge < -0.3 is 19.7 Å². The number of likely N-dealkylation sites (tertiary alicyclic amines) is 1. The fourth-order valence-electron chi connectivity index (χ4n) is 4.48. The van der Waals surface area contributed by atoms with Gasteiger partial charge in [-0.1, -0.05) is 0 Å². The third-order valence-electron chi connectivity index (χ3n) is 6.83. The van der Waals surface area contributed by atoms with E-state index in [-0.39, 0.29) is 18.1 Å². The molecule has 1 saturated carbocycles. The molecule has 4 rings (SSSR count). The molecule has 2 heterocycles. The maximum absolute atomic E-state index is 12.8. The summed E-state index contributed by atoms with van der Waals surface area (Å²) in [4.78, 5) is 26.9. The predicted molar refractivity (Wildman–Crippen MR) is 135 cm³/mol. The first-order chi connectivity index (χ1) is 16.6. The summed E-state index contributed by atoms with van der Waals surface area (Å²) in [5.74, 6) is 1.09. The van der Waals surface area contributed by atoms with Crippen molar-refractivity contribution < 1.29 is 19.1 Å². The van der Waals surface area contributed by atoms with Crippen LogP contribution in [0.1, 0.15) is 69.3 Å². The maximum Gasteiger partial charge on any atom is 0.410 e. The van der Waals surface area contributed by atoms with Crippen molar-refractivity contribution in [3.05, 3.63) is 29.5 Å². The zero-order chi connectivity index (χ0) is 25.2. The van der Waals surface area contributed by atoms with Gasteiger partial charge in [-0.2, -0.15) is 5.10 Å². The molecule has 192 valence electrons. The van der Waals surface area contributed by atoms with Crippen molar-refractivity contribution in [2.75, 3.05) is 26.2 Å². The van der Waals surface area contributed by atoms with E-state index in [1.54, 1.807) is 4.90 Å². The van der Waals surface area contributed by atoms with Gasteiger partial charge in [0.2, 0.25) is 0 Å². The molecule has 2 aromatic rings. The standard InChI is InChI=1S/C27H40N4O4/c1-18(34-17-21-6-7-21)14-28-25(32)22-8-9-24-23(19(22)2)16-31(29-24)15-20-10-12-30(13-11-20)26(33)35-27(3,4)5/h8-9,16,18,20-21H,6-7,10-15,17H2,1-5H3,(H,28,32). The van der Waals surface area contributed by atoms with Crippen LogP contribution in [-0.4, -0.2) is 64.6 Å². The molecule has 1 N–H and O–H groups in total. The molecule has 0 spiro atoms. The van der Waals surface area contributed by atoms with E-state index in [0.29, 0.717) is 37.0 Å². The van der Waals surface area contributed by atoms with Crippen LogP contribution in [0.3, 0.4) is 0 Å². The number of fused-ring (bicyclic) bond motifs is 1. The highest BCUT2D eigenvalue weighted by Gasteiger charge is 2.27. The number of hydrogen-bond acceptors (Lipinski definition) is 5. The lowest BCUT2D eigenvalue weighted by molar-refractivity contribution is 0.0177. The van der Waals surface area contributed by atoms with Gasteiger partial charge in [-0.25, -0.2) is 4.79 Å². The number of hydrogen-bond donors (Lipinski definition) is 1. The number of aryl methyl sites for hydroxylation is 1. The van der Waals surface area contributed by atoms with Gasteiger partial charge in [-0.3, -0.25) is 9.48 Å². The van der Waals surface area contributed by atoms with E-state index in [1.807, 2.05) is 57.6 Å². The van der Waals surface area contributed by atoms with E-state index >= 15 is 0 Å². The molecular weight excluding hydrogens is 444 g/mol. The summed E-state index contributed by atoms with van der Waals surface area (Å²) in [7, 11) is 0. The maximum atomic E-state index is 12.8. The molecular formula is C27H40N4O4. The zero-order valence-electron chi connectivity index (χ0n) is 21.8. The molecule has 8 nitrogen and oxygen atoms in total. The third kappa shape index (κ3) is 6.97. The van der Waals surface area contributed by atoms with Crippen LogP contribution < -0.4 is 5.32 Å². The van der Waals surface area contributed by atoms with Gasteiger partial charge in [0.25, 0.3) is 5.91 Å². The molecule has 8 heteroatoms. The summed E-state index contributed by atoms with van der Waals surface area (Å²) in [6.07, 6.45) is 6.18. The van der Waals surface area contributed by atoms with Crippen molar-refractivity contribution in [3.63, 3.8) is 0 Å². The minimum absolute atomic E-state index is 0.00748. The molecule has 1 atom stereocenters. The van der Waals surface area contributed by atoms with E-state index in [9.17, 15) is 9.59 Å². The zero-order valence-corrected chi connectivity index (χ0v) is 21.8. The van der Waals surface area contributed by atoms with Gasteiger partial charge in [0.15, 0.2) is 0 Å². The average molecular weight is 485 g/mol. The van der Waals surface area contributed by atoms with E-state index in [1.165, 1.54) is 12.8 Å². The fourth-order valence-corrected chi connectivity index (χ4v) is 4.48. The first kappa shape index (κ1) is 25.5. The highest BCUT2D eigenvalue weighted by Crippen LogP contribution is 2.29. The van der Waals surface area contributed by atoms with Crippen LogP contribution in [0.4, 0.5) is 4.79 Å². The molecule has 0 bridgehead atoms. The number of aromatic nitrogens is 2. The van der Waals surface area contributed by atoms with Crippen molar-refractivity contribution in [1.82, 2.24) is 20.0 Å². The second-order valence-corrected chi connectivity index (χ2v) is 11.2. The second kappa shape index (κ2) is 10.6. The van der Waals surface area contributed by atoms with E-state index in [2.05, 4.69) is 5.32 Å². The minimum atomic E-state index is -0.473. The van der Waals surface area contributed by atoms with Crippen molar-refractivity contribution >= 4 is 22.9 Å². The van der Waals surface area contributed by atoms with Crippen LogP contribution in [0.5, 0.6) is 0 Å². The quantitative estimate of drug-likeness (QED) is 0.595. The van der Waals surface area contributed by atoms with Crippen LogP contribution in [-0.2, 0) is 16.0 Å². The second-order valence-electron chi connectivity index (χ2n) is 11.2. The molecule has 2 amide bonds. The Labute approximate surface area is 208 Å². The molecule has 1 aromatic carbocycles. The van der Waals surface area contributed by atoms with Crippen LogP contribution >= 0.6 is 0 Å². The third-order valence-corrected chi connectivity index (χ3v) is 6.83. The predicted octanol–water partition coefficient (Wildman–Crippen LogP) is 4.54. The normalized spacial score (nSPS) is 18.0. The summed E-state index contributed by atoms with van der Waals surface area (Å²) in [5.41, 5.74) is 2.04. The lowest BCUT2D eigenvalue weighted by Crippen LogP contribution is -2.42. The summed E-state index contributed by atoms with van der Waals surface area (Å²) in [5, 5.41) is 8.77. The topological polar surface area (TPSA) is 85.7 Å². The first-order valence-corrected chi connectivity index (χ1v) is 12.9. The van der Waals surface area contributed by atoms with Crippen molar-refractivity contribution in [2.24, 2.45) is 11.8 Å². The fraction of sp³-hybridized carbons (Fsp3) is 0.667. The number of nitrogens with zero attached hydrogens (tertiary/aromatic N) is 3. The summed E-state index contributed by atoms with van der Waals surface area (Å²) in [6, 6.07) is 3.78. The Hall–Kier alpha value is -2.61. The number of benzene rings is 1. The Balaban J connectivity index is 1.31. The van der Waals surface area contributed by atoms with Crippen molar-refractivity contribution in [1.29, 1.82) is 0 Å². The SMILES string of the molecule is Cc1c(C(=O)NCC(C)OCC2CC2)ccc2nn(CC3CCN(C(=O)OC(C)(C)C)CC3)cc12. The van der Waals surface area contributed by atoms with E-state index in [4.69, 9.17) is 14.6 Å². The van der Waals surface area contributed by atoms with Gasteiger partial charge in [0.1, 0.15) is 5.60 Å². The number of rotatable bonds is 8. The Morgan fingerprint density at radius 2 is 1.86 bits per heavy atom. The number of nitrogens with one attached hydrogen (secondary N) is 1. The monoisotopic (exact) mass is 484 g/mol. The Morgan fingerprint density at radius 3 is 2.51 bits per heavy atom. The van der Waals surface area contributed by atoms with Gasteiger partial charge in [-0.15, -0.1) is 0 Å². The highest BCUT2D eigenvalue weighted by atomic mass is 16.6. The molecule has 1 saturated heterocycles. The molecule has 35 heavy (non-hydrogen) atoms. The number of ether oxygens (including phenoxy) is 2. The minimum Gasteiger partial charge on any atom is -0.444 e. The highest BCUT2D eigenvalue weighted by molar-refractivity contribution is 6.00. The Kier molecular flexibility index (Phi) is 7.69. The van der Waals surface area contributed by atoms with E-state index in [0.717, 1.165) is 42.5 Å². The van der Waals surface area contributed by atoms with Crippen molar-refractivity contribution in [2.45, 2.75) is 78.6 Å². The molecule has 1 aromatic heterocycles. The first-order valence-electron chi connectivity index (χ1n) is 12.9. The molecule has 1 aliphatic carbocycles. The molecule has 2 fully saturated rings. The largest absolute Gasteiger partial charge is 0.444 e. The number of carbonyl (C=O) groups excluding carboxylic acids is 2. The van der Waals surface area contributed by atoms with Crippen molar-refractivity contribution in [3.8, 4) is 0 Å². The Bertz CT molecular complexity index is 1050. The van der Waals surface area contributed by atoms with Gasteiger partial charge in [-0.05, 0) is 89.8 Å². The van der Waals surface area contributed by atoms with Gasteiger partial charge in [0.05, 0.1) is 11.6 Å². The molecule has 1 unspecified atom stereocenters. The van der Waals surface area contributed by atoms with Crippen LogP contribution in [0.25, 0.3) is 10.9 Å². The molecule has 1 aliphatic heterocycles. The summed E-state index contributed by atoms with van der Waals surface area (Å²) in [6.45, 7) is 13.2. The molecule has 0 radical (unpaired) electrons. The van der Waals surface area contributed by atoms with Gasteiger partial charge >= 0.3 is 6.09 Å². The number of piperidine rings is 1. The summed E-state index contributed by atoms with van der Waals surface area (Å²) >= 11 is 0. The lowest BCUT2D eigenvalue weighted by Gasteiger charge is -2.33. The summed E-state index contributed by atoms with van der Waals surface area (Å²) < 4.78 is 13.3. The Morgan fingerprint density at radius 1 is 1.14 bits per heavy atom. The van der Waals surface area contributed by atoms with Crippen LogP contribution in [0.15, 0.2) is 18.3 Å². The van der Waals surface area contributed by atoms with Gasteiger partial charge in [0, 0.05) is 49.9 Å². The van der Waals surface area contributed by atoms with Crippen LogP contribution in [0.2, 0.25) is 0 Å². The van der Waals surface area contributed by atoms with Crippen LogP contribution in [0, 0.1) is 18.8 Å². The lowest BCUT2D eigenvalue weighted by atomic mass is 9.97. The number of amides is 2. The average Bonchev–Trinajstić information content (AvgIpc) is 3.54. The smallest absolute Gasteiger partial charge is 0.410 e. The molecule has 2 aliphatic rings.